The van der Waals surface area contributed by atoms with E-state index >= 15 is 0 Å². The number of rotatable bonds is 4. The van der Waals surface area contributed by atoms with Crippen molar-refractivity contribution < 1.29 is 4.74 Å². The third-order valence-electron chi connectivity index (χ3n) is 3.52. The molecule has 0 aliphatic carbocycles. The van der Waals surface area contributed by atoms with Crippen LogP contribution in [0.25, 0.3) is 11.0 Å². The predicted octanol–water partition coefficient (Wildman–Crippen LogP) is 1.77. The Balaban J connectivity index is 1.93. The molecule has 1 atom stereocenters. The van der Waals surface area contributed by atoms with Crippen LogP contribution in [0.1, 0.15) is 24.1 Å². The molecule has 0 radical (unpaired) electrons. The van der Waals surface area contributed by atoms with E-state index in [2.05, 4.69) is 25.3 Å². The van der Waals surface area contributed by atoms with E-state index in [9.17, 15) is 4.79 Å². The number of hydrogen-bond donors (Lipinski definition) is 2. The van der Waals surface area contributed by atoms with E-state index in [1.54, 1.807) is 24.4 Å². The maximum Gasteiger partial charge on any atom is 0.253 e. The first-order chi connectivity index (χ1) is 11.6. The minimum atomic E-state index is -0.363. The number of aromatic amines is 1. The van der Waals surface area contributed by atoms with Crippen LogP contribution < -0.4 is 15.6 Å². The molecular weight excluding hydrogens is 308 g/mol. The minimum absolute atomic E-state index is 0.177. The van der Waals surface area contributed by atoms with Crippen molar-refractivity contribution in [2.24, 2.45) is 0 Å². The summed E-state index contributed by atoms with van der Waals surface area (Å²) in [6.45, 7) is 1.81. The minimum Gasteiger partial charge on any atom is -0.480 e. The molecule has 0 aliphatic rings. The molecule has 0 aliphatic heterocycles. The lowest BCUT2D eigenvalue weighted by atomic mass is 10.1. The summed E-state index contributed by atoms with van der Waals surface area (Å²) >= 11 is 0. The third-order valence-corrected chi connectivity index (χ3v) is 3.52. The van der Waals surface area contributed by atoms with E-state index in [0.29, 0.717) is 16.6 Å². The molecule has 0 aromatic carbocycles. The first-order valence-corrected chi connectivity index (χ1v) is 7.18. The Morgan fingerprint density at radius 3 is 3.00 bits per heavy atom. The maximum atomic E-state index is 12.3. The average molecular weight is 322 g/mol. The van der Waals surface area contributed by atoms with Crippen LogP contribution in [0.4, 0.5) is 5.95 Å². The van der Waals surface area contributed by atoms with Crippen molar-refractivity contribution in [3.63, 3.8) is 0 Å². The summed E-state index contributed by atoms with van der Waals surface area (Å²) < 4.78 is 5.05. The van der Waals surface area contributed by atoms with Gasteiger partial charge in [-0.25, -0.2) is 4.98 Å². The topological polar surface area (TPSA) is 117 Å². The van der Waals surface area contributed by atoms with Crippen molar-refractivity contribution in [2.75, 3.05) is 12.4 Å². The third kappa shape index (κ3) is 2.87. The van der Waals surface area contributed by atoms with Gasteiger partial charge in [-0.05, 0) is 25.1 Å². The van der Waals surface area contributed by atoms with Crippen molar-refractivity contribution in [3.05, 3.63) is 52.1 Å². The molecular formula is C16H14N6O2. The monoisotopic (exact) mass is 322 g/mol. The zero-order chi connectivity index (χ0) is 17.1. The highest BCUT2D eigenvalue weighted by molar-refractivity contribution is 5.74. The average Bonchev–Trinajstić information content (AvgIpc) is 2.60. The van der Waals surface area contributed by atoms with Crippen molar-refractivity contribution in [1.29, 1.82) is 5.26 Å². The normalized spacial score (nSPS) is 11.7. The van der Waals surface area contributed by atoms with Gasteiger partial charge >= 0.3 is 0 Å². The van der Waals surface area contributed by atoms with Crippen molar-refractivity contribution >= 4 is 17.0 Å². The van der Waals surface area contributed by atoms with E-state index in [1.165, 1.54) is 13.3 Å². The van der Waals surface area contributed by atoms with Gasteiger partial charge in [0.2, 0.25) is 11.8 Å². The zero-order valence-corrected chi connectivity index (χ0v) is 13.1. The largest absolute Gasteiger partial charge is 0.480 e. The van der Waals surface area contributed by atoms with Gasteiger partial charge in [0.1, 0.15) is 11.6 Å². The van der Waals surface area contributed by atoms with E-state index in [1.807, 2.05) is 13.0 Å². The van der Waals surface area contributed by atoms with Gasteiger partial charge in [0, 0.05) is 11.8 Å². The highest BCUT2D eigenvalue weighted by atomic mass is 16.5. The molecule has 0 saturated carbocycles. The van der Waals surface area contributed by atoms with Gasteiger partial charge in [-0.15, -0.1) is 0 Å². The Kier molecular flexibility index (Phi) is 4.07. The van der Waals surface area contributed by atoms with Crippen LogP contribution in [-0.2, 0) is 0 Å². The molecule has 0 spiro atoms. The van der Waals surface area contributed by atoms with Gasteiger partial charge in [0.25, 0.3) is 5.56 Å². The summed E-state index contributed by atoms with van der Waals surface area (Å²) in [5.74, 6) is 0.440. The van der Waals surface area contributed by atoms with Gasteiger partial charge in [-0.2, -0.15) is 10.2 Å². The molecule has 0 saturated heterocycles. The molecule has 3 rings (SSSR count). The number of fused-ring (bicyclic) bond motifs is 1. The summed E-state index contributed by atoms with van der Waals surface area (Å²) in [4.78, 5) is 27.5. The maximum absolute atomic E-state index is 12.3. The van der Waals surface area contributed by atoms with Gasteiger partial charge in [-0.1, -0.05) is 0 Å². The lowest BCUT2D eigenvalue weighted by Crippen LogP contribution is -2.20. The lowest BCUT2D eigenvalue weighted by molar-refractivity contribution is 0.396. The van der Waals surface area contributed by atoms with E-state index in [0.717, 1.165) is 0 Å². The van der Waals surface area contributed by atoms with E-state index in [-0.39, 0.29) is 29.0 Å². The second-order valence-corrected chi connectivity index (χ2v) is 5.08. The van der Waals surface area contributed by atoms with Crippen LogP contribution in [-0.4, -0.2) is 27.0 Å². The van der Waals surface area contributed by atoms with Crippen LogP contribution in [0, 0.1) is 11.3 Å². The predicted molar refractivity (Wildman–Crippen MR) is 87.7 cm³/mol. The zero-order valence-electron chi connectivity index (χ0n) is 13.1. The number of ether oxygens (including phenoxy) is 1. The summed E-state index contributed by atoms with van der Waals surface area (Å²) in [6, 6.07) is 6.86. The molecule has 3 heterocycles. The number of methoxy groups -OCH3 is 1. The van der Waals surface area contributed by atoms with E-state index < -0.39 is 0 Å². The summed E-state index contributed by atoms with van der Waals surface area (Å²) in [5.41, 5.74) is 1.90. The Bertz CT molecular complexity index is 992. The molecule has 3 aromatic rings. The molecule has 0 amide bonds. The van der Waals surface area contributed by atoms with Crippen molar-refractivity contribution in [2.45, 2.75) is 13.0 Å². The van der Waals surface area contributed by atoms with Crippen LogP contribution in [0.5, 0.6) is 5.88 Å². The number of nitrogens with one attached hydrogen (secondary N) is 2. The summed E-state index contributed by atoms with van der Waals surface area (Å²) in [6.07, 6.45) is 3.03. The summed E-state index contributed by atoms with van der Waals surface area (Å²) in [5, 5.41) is 12.0. The van der Waals surface area contributed by atoms with Gasteiger partial charge in [-0.3, -0.25) is 9.78 Å². The standard InChI is InChI=1S/C16H14N6O2/c1-9(20-16-19-8-10(7-17)15(22-16)24-2)11-6-13-12(21-14(11)23)4-3-5-18-13/h3-6,8-9H,1-2H3,(H,21,23)(H,19,20,22). The van der Waals surface area contributed by atoms with Crippen LogP contribution in [0.3, 0.4) is 0 Å². The highest BCUT2D eigenvalue weighted by Crippen LogP contribution is 2.19. The molecule has 8 heteroatoms. The van der Waals surface area contributed by atoms with E-state index in [4.69, 9.17) is 10.00 Å². The number of H-pyrrole nitrogens is 1. The molecule has 0 fully saturated rings. The number of nitrogens with zero attached hydrogens (tertiary/aromatic N) is 4. The second-order valence-electron chi connectivity index (χ2n) is 5.08. The second kappa shape index (κ2) is 6.34. The molecule has 2 N–H and O–H groups in total. The number of anilines is 1. The number of aromatic nitrogens is 4. The Morgan fingerprint density at radius 1 is 1.42 bits per heavy atom. The fourth-order valence-electron chi connectivity index (χ4n) is 2.31. The number of pyridine rings is 2. The van der Waals surface area contributed by atoms with Gasteiger partial charge < -0.3 is 15.0 Å². The molecule has 120 valence electrons. The van der Waals surface area contributed by atoms with Crippen molar-refractivity contribution in [3.8, 4) is 11.9 Å². The Labute approximate surface area is 137 Å². The molecule has 3 aromatic heterocycles. The number of hydrogen-bond acceptors (Lipinski definition) is 7. The fourth-order valence-corrected chi connectivity index (χ4v) is 2.31. The van der Waals surface area contributed by atoms with Crippen LogP contribution >= 0.6 is 0 Å². The molecule has 0 bridgehead atoms. The van der Waals surface area contributed by atoms with Crippen molar-refractivity contribution in [1.82, 2.24) is 19.9 Å². The first-order valence-electron chi connectivity index (χ1n) is 7.18. The Morgan fingerprint density at radius 2 is 2.25 bits per heavy atom. The van der Waals surface area contributed by atoms with Gasteiger partial charge in [0.15, 0.2) is 0 Å². The van der Waals surface area contributed by atoms with Crippen LogP contribution in [0.15, 0.2) is 35.4 Å². The smallest absolute Gasteiger partial charge is 0.253 e. The first kappa shape index (κ1) is 15.4. The number of nitriles is 1. The molecule has 8 nitrogen and oxygen atoms in total. The fraction of sp³-hybridized carbons (Fsp3) is 0.188. The highest BCUT2D eigenvalue weighted by Gasteiger charge is 2.14. The quantitative estimate of drug-likeness (QED) is 0.751. The summed E-state index contributed by atoms with van der Waals surface area (Å²) in [7, 11) is 1.43. The SMILES string of the molecule is COc1nc(NC(C)c2cc3ncccc3[nH]c2=O)ncc1C#N. The van der Waals surface area contributed by atoms with Crippen LogP contribution in [0.2, 0.25) is 0 Å². The lowest BCUT2D eigenvalue weighted by Gasteiger charge is -2.14. The van der Waals surface area contributed by atoms with Gasteiger partial charge in [0.05, 0.1) is 30.4 Å². The molecule has 1 unspecified atom stereocenters. The molecule has 24 heavy (non-hydrogen) atoms. The Hall–Kier alpha value is -3.47.